The molecule has 0 amide bonds. The lowest BCUT2D eigenvalue weighted by atomic mass is 10.1. The number of rotatable bonds is 4. The predicted octanol–water partition coefficient (Wildman–Crippen LogP) is 2.71. The smallest absolute Gasteiger partial charge is 0.0266 e. The van der Waals surface area contributed by atoms with Gasteiger partial charge in [0.05, 0.1) is 0 Å². The number of hydrogen-bond donors (Lipinski definition) is 0. The van der Waals surface area contributed by atoms with E-state index in [1.807, 2.05) is 0 Å². The maximum atomic E-state index is 10.3. The Morgan fingerprint density at radius 2 is 2.00 bits per heavy atom. The molecule has 0 radical (unpaired) electrons. The van der Waals surface area contributed by atoms with E-state index in [2.05, 4.69) is 63.4 Å². The second kappa shape index (κ2) is 6.39. The molecule has 0 aromatic heterocycles. The van der Waals surface area contributed by atoms with Gasteiger partial charge in [0.25, 0.3) is 0 Å². The van der Waals surface area contributed by atoms with Crippen LogP contribution in [0.15, 0.2) is 18.2 Å². The molecule has 0 spiro atoms. The van der Waals surface area contributed by atoms with Crippen molar-refractivity contribution in [1.29, 1.82) is 0 Å². The number of hydrogen-bond acceptors (Lipinski definition) is 2. The first-order valence-electron chi connectivity index (χ1n) is 4.09. The lowest BCUT2D eigenvalue weighted by Crippen LogP contribution is -1.97. The average Bonchev–Trinajstić information content (AvgIpc) is 2.10. The molecule has 0 fully saturated rings. The van der Waals surface area contributed by atoms with Crippen LogP contribution in [-0.2, 0) is 17.5 Å². The van der Waals surface area contributed by atoms with Crippen LogP contribution in [0.2, 0.25) is 0 Å². The Morgan fingerprint density at radius 1 is 1.29 bits per heavy atom. The molecule has 1 aromatic carbocycles. The monoisotopic (exact) mass is 435 g/mol. The van der Waals surface area contributed by atoms with E-state index in [-0.39, 0.29) is 5.75 Å². The lowest BCUT2D eigenvalue weighted by Gasteiger charge is -2.05. The largest absolute Gasteiger partial charge is 0.772 e. The summed E-state index contributed by atoms with van der Waals surface area (Å²) >= 11 is 2.67. The van der Waals surface area contributed by atoms with Crippen LogP contribution in [0.3, 0.4) is 0 Å². The Hall–Kier alpha value is 0.790. The summed E-state index contributed by atoms with van der Waals surface area (Å²) in [6.07, 6.45) is 1.54. The van der Waals surface area contributed by atoms with Crippen molar-refractivity contribution in [3.63, 3.8) is 0 Å². The third kappa shape index (κ3) is 4.54. The second-order valence-corrected chi connectivity index (χ2v) is 6.20. The summed E-state index contributed by atoms with van der Waals surface area (Å²) in [5.41, 5.74) is 1.21. The third-order valence-corrected chi connectivity index (χ3v) is 5.25. The summed E-state index contributed by atoms with van der Waals surface area (Å²) in [7, 11) is 0. The fraction of sp³-hybridized carbons (Fsp3) is 0.333. The molecule has 0 aliphatic heterocycles. The quantitative estimate of drug-likeness (QED) is 0.540. The first kappa shape index (κ1) is 12.9. The Labute approximate surface area is 113 Å². The molecule has 2 nitrogen and oxygen atoms in total. The standard InChI is InChI=1S/C9H10I2O2S/c10-8-4-3-7(6-9(8)11)2-1-5-14(12)13/h3-4,6H,1-2,5H2,(H,12,13)/p-1. The Morgan fingerprint density at radius 3 is 2.57 bits per heavy atom. The van der Waals surface area contributed by atoms with E-state index in [4.69, 9.17) is 0 Å². The highest BCUT2D eigenvalue weighted by atomic mass is 127. The molecule has 1 atom stereocenters. The fourth-order valence-corrected chi connectivity index (χ4v) is 2.38. The van der Waals surface area contributed by atoms with Gasteiger partial charge in [-0.15, -0.1) is 0 Å². The first-order chi connectivity index (χ1) is 6.59. The van der Waals surface area contributed by atoms with Crippen LogP contribution in [0.4, 0.5) is 0 Å². The molecule has 78 valence electrons. The van der Waals surface area contributed by atoms with Crippen molar-refractivity contribution in [3.05, 3.63) is 30.9 Å². The molecule has 1 aromatic rings. The van der Waals surface area contributed by atoms with Gasteiger partial charge in [-0.05, 0) is 75.7 Å². The topological polar surface area (TPSA) is 40.1 Å². The zero-order chi connectivity index (χ0) is 10.6. The van der Waals surface area contributed by atoms with E-state index in [9.17, 15) is 8.76 Å². The SMILES string of the molecule is O=S([O-])CCCc1ccc(I)c(I)c1. The van der Waals surface area contributed by atoms with E-state index in [0.717, 1.165) is 6.42 Å². The van der Waals surface area contributed by atoms with E-state index in [0.29, 0.717) is 6.42 Å². The van der Waals surface area contributed by atoms with Crippen LogP contribution in [-0.4, -0.2) is 14.5 Å². The van der Waals surface area contributed by atoms with Crippen LogP contribution >= 0.6 is 45.2 Å². The summed E-state index contributed by atoms with van der Waals surface area (Å²) in [6, 6.07) is 6.22. The molecule has 0 bridgehead atoms. The van der Waals surface area contributed by atoms with Gasteiger partial charge < -0.3 is 4.55 Å². The van der Waals surface area contributed by atoms with Gasteiger partial charge in [0.2, 0.25) is 0 Å². The molecule has 0 saturated heterocycles. The van der Waals surface area contributed by atoms with Crippen molar-refractivity contribution in [3.8, 4) is 0 Å². The summed E-state index contributed by atoms with van der Waals surface area (Å²) in [5, 5.41) is 0. The molecule has 5 heteroatoms. The summed E-state index contributed by atoms with van der Waals surface area (Å²) in [5.74, 6) is 0.253. The highest BCUT2D eigenvalue weighted by Gasteiger charge is 1.98. The van der Waals surface area contributed by atoms with Crippen LogP contribution in [0, 0.1) is 7.14 Å². The number of halogens is 2. The van der Waals surface area contributed by atoms with Crippen LogP contribution in [0.1, 0.15) is 12.0 Å². The summed E-state index contributed by atoms with van der Waals surface area (Å²) < 4.78 is 23.1. The van der Waals surface area contributed by atoms with Gasteiger partial charge in [0, 0.05) is 12.9 Å². The Balaban J connectivity index is 2.51. The molecule has 0 saturated carbocycles. The molecule has 1 unspecified atom stereocenters. The third-order valence-electron chi connectivity index (χ3n) is 1.76. The maximum Gasteiger partial charge on any atom is 0.0266 e. The zero-order valence-electron chi connectivity index (χ0n) is 7.33. The molecule has 0 aliphatic carbocycles. The van der Waals surface area contributed by atoms with Gasteiger partial charge in [0.1, 0.15) is 0 Å². The van der Waals surface area contributed by atoms with Crippen molar-refractivity contribution in [2.45, 2.75) is 12.8 Å². The van der Waals surface area contributed by atoms with E-state index >= 15 is 0 Å². The van der Waals surface area contributed by atoms with Gasteiger partial charge in [-0.3, -0.25) is 4.21 Å². The van der Waals surface area contributed by atoms with Gasteiger partial charge in [-0.25, -0.2) is 0 Å². The lowest BCUT2D eigenvalue weighted by molar-refractivity contribution is 0.535. The number of aryl methyl sites for hydroxylation is 1. The highest BCUT2D eigenvalue weighted by Crippen LogP contribution is 2.17. The van der Waals surface area contributed by atoms with E-state index in [1.54, 1.807) is 0 Å². The van der Waals surface area contributed by atoms with Crippen molar-refractivity contribution < 1.29 is 8.76 Å². The van der Waals surface area contributed by atoms with Crippen LogP contribution < -0.4 is 0 Å². The fourth-order valence-electron chi connectivity index (χ4n) is 1.09. The predicted molar refractivity (Wildman–Crippen MR) is 74.0 cm³/mol. The van der Waals surface area contributed by atoms with E-state index in [1.165, 1.54) is 12.7 Å². The minimum Gasteiger partial charge on any atom is -0.772 e. The Kier molecular flexibility index (Phi) is 5.87. The number of benzene rings is 1. The second-order valence-electron chi connectivity index (χ2n) is 2.86. The molecule has 14 heavy (non-hydrogen) atoms. The zero-order valence-corrected chi connectivity index (χ0v) is 12.5. The average molecular weight is 435 g/mol. The molecule has 0 aliphatic rings. The van der Waals surface area contributed by atoms with Crippen molar-refractivity contribution in [1.82, 2.24) is 0 Å². The molecular weight excluding hydrogens is 426 g/mol. The minimum absolute atomic E-state index is 0.253. The van der Waals surface area contributed by atoms with Gasteiger partial charge in [-0.2, -0.15) is 0 Å². The van der Waals surface area contributed by atoms with Gasteiger partial charge in [0.15, 0.2) is 0 Å². The van der Waals surface area contributed by atoms with Crippen molar-refractivity contribution in [2.75, 3.05) is 5.75 Å². The van der Waals surface area contributed by atoms with E-state index < -0.39 is 11.1 Å². The van der Waals surface area contributed by atoms with Crippen LogP contribution in [0.25, 0.3) is 0 Å². The maximum absolute atomic E-state index is 10.3. The molecular formula is C9H9I2O2S-. The van der Waals surface area contributed by atoms with Crippen LogP contribution in [0.5, 0.6) is 0 Å². The first-order valence-corrected chi connectivity index (χ1v) is 7.49. The highest BCUT2D eigenvalue weighted by molar-refractivity contribution is 14.1. The minimum atomic E-state index is -1.90. The normalized spacial score (nSPS) is 12.8. The molecule has 0 heterocycles. The molecule has 0 N–H and O–H groups in total. The van der Waals surface area contributed by atoms with Crippen molar-refractivity contribution in [2.24, 2.45) is 0 Å². The van der Waals surface area contributed by atoms with Gasteiger partial charge in [-0.1, -0.05) is 17.1 Å². The summed E-state index contributed by atoms with van der Waals surface area (Å²) in [4.78, 5) is 0. The van der Waals surface area contributed by atoms with Crippen molar-refractivity contribution >= 4 is 56.3 Å². The Bertz CT molecular complexity index is 342. The molecule has 1 rings (SSSR count). The summed E-state index contributed by atoms with van der Waals surface area (Å²) in [6.45, 7) is 0. The van der Waals surface area contributed by atoms with Gasteiger partial charge >= 0.3 is 0 Å².